The van der Waals surface area contributed by atoms with E-state index in [9.17, 15) is 4.79 Å². The molecule has 0 spiro atoms. The topological polar surface area (TPSA) is 81.6 Å². The summed E-state index contributed by atoms with van der Waals surface area (Å²) >= 11 is 0. The van der Waals surface area contributed by atoms with Gasteiger partial charge in [-0.1, -0.05) is 43.7 Å². The van der Waals surface area contributed by atoms with E-state index in [2.05, 4.69) is 12.7 Å². The summed E-state index contributed by atoms with van der Waals surface area (Å²) in [5.41, 5.74) is 4.87. The summed E-state index contributed by atoms with van der Waals surface area (Å²) in [6.45, 7) is 5.56. The summed E-state index contributed by atoms with van der Waals surface area (Å²) < 4.78 is 23.3. The van der Waals surface area contributed by atoms with E-state index < -0.39 is 12.1 Å². The monoisotopic (exact) mass is 387 g/mol. The normalized spacial score (nSPS) is 26.8. The van der Waals surface area contributed by atoms with Gasteiger partial charge in [0, 0.05) is 6.61 Å². The van der Waals surface area contributed by atoms with Gasteiger partial charge in [-0.05, 0) is 18.9 Å². The van der Waals surface area contributed by atoms with Crippen LogP contribution in [0.1, 0.15) is 32.3 Å². The zero-order valence-electron chi connectivity index (χ0n) is 15.6. The molecule has 0 saturated carbocycles. The molecule has 0 aliphatic carbocycles. The zero-order chi connectivity index (χ0) is 18.1. The van der Waals surface area contributed by atoms with Crippen LogP contribution in [0.4, 0.5) is 0 Å². The van der Waals surface area contributed by atoms with Crippen molar-refractivity contribution in [1.29, 1.82) is 0 Å². The number of hydrogen-bond acceptors (Lipinski definition) is 5. The van der Waals surface area contributed by atoms with Gasteiger partial charge in [-0.3, -0.25) is 0 Å². The summed E-state index contributed by atoms with van der Waals surface area (Å²) in [7, 11) is 0. The standard InChI is InChI=1S/C19H29NO5.ClH/c1-3-4-10-23-18-14(2)25-19(21)16(20)12-22-13-17(18)24-11-15-8-6-5-7-9-15;/h5-9,14,16-18H,3-4,10-13,20H2,1-2H3;1H/t14-,16-,17-,18-;/m0./s1. The van der Waals surface area contributed by atoms with Crippen molar-refractivity contribution in [3.8, 4) is 0 Å². The van der Waals surface area contributed by atoms with E-state index in [1.807, 2.05) is 37.3 Å². The highest BCUT2D eigenvalue weighted by Crippen LogP contribution is 2.17. The Morgan fingerprint density at radius 1 is 1.19 bits per heavy atom. The van der Waals surface area contributed by atoms with Crippen molar-refractivity contribution in [2.45, 2.75) is 57.6 Å². The van der Waals surface area contributed by atoms with Gasteiger partial charge in [0.2, 0.25) is 6.04 Å². The molecule has 148 valence electrons. The quantitative estimate of drug-likeness (QED) is 0.447. The molecule has 1 aromatic rings. The molecule has 0 amide bonds. The lowest BCUT2D eigenvalue weighted by Gasteiger charge is -2.30. The fourth-order valence-corrected chi connectivity index (χ4v) is 2.67. The first-order valence-corrected chi connectivity index (χ1v) is 9.00. The highest BCUT2D eigenvalue weighted by Gasteiger charge is 2.35. The Labute approximate surface area is 161 Å². The molecule has 4 atom stereocenters. The first-order valence-electron chi connectivity index (χ1n) is 9.00. The van der Waals surface area contributed by atoms with Gasteiger partial charge < -0.3 is 37.1 Å². The molecule has 3 N–H and O–H groups in total. The Hall–Kier alpha value is -1.18. The summed E-state index contributed by atoms with van der Waals surface area (Å²) in [5, 5.41) is 0. The molecule has 1 aliphatic heterocycles. The first kappa shape index (κ1) is 22.9. The number of ether oxygens (including phenoxy) is 4. The van der Waals surface area contributed by atoms with Crippen molar-refractivity contribution in [2.24, 2.45) is 0 Å². The van der Waals surface area contributed by atoms with E-state index in [4.69, 9.17) is 18.9 Å². The van der Waals surface area contributed by atoms with Gasteiger partial charge in [-0.15, -0.1) is 0 Å². The van der Waals surface area contributed by atoms with E-state index in [0.717, 1.165) is 18.4 Å². The highest BCUT2D eigenvalue weighted by molar-refractivity contribution is 5.74. The minimum absolute atomic E-state index is 0. The Balaban J connectivity index is 0.00000338. The second-order valence-electron chi connectivity index (χ2n) is 6.40. The van der Waals surface area contributed by atoms with Crippen LogP contribution in [-0.2, 0) is 30.3 Å². The average molecular weight is 388 g/mol. The number of quaternary nitrogens is 1. The molecule has 0 aromatic heterocycles. The van der Waals surface area contributed by atoms with Crippen molar-refractivity contribution in [3.05, 3.63) is 35.9 Å². The minimum Gasteiger partial charge on any atom is -1.00 e. The van der Waals surface area contributed by atoms with Crippen LogP contribution in [-0.4, -0.2) is 50.1 Å². The SMILES string of the molecule is CCCCO[C@H]1[C@H](C)OC(=O)[C@@H]([NH3+])COC[C@@H]1OCc1ccccc1.[Cl-]. The van der Waals surface area contributed by atoms with E-state index in [1.54, 1.807) is 0 Å². The fourth-order valence-electron chi connectivity index (χ4n) is 2.67. The van der Waals surface area contributed by atoms with Crippen LogP contribution in [0.2, 0.25) is 0 Å². The molecule has 1 fully saturated rings. The van der Waals surface area contributed by atoms with E-state index >= 15 is 0 Å². The van der Waals surface area contributed by atoms with Gasteiger partial charge >= 0.3 is 5.97 Å². The van der Waals surface area contributed by atoms with Crippen LogP contribution < -0.4 is 18.1 Å². The minimum atomic E-state index is -0.536. The predicted octanol–water partition coefficient (Wildman–Crippen LogP) is -1.67. The number of halogens is 1. The van der Waals surface area contributed by atoms with Gasteiger partial charge in [0.15, 0.2) is 0 Å². The van der Waals surface area contributed by atoms with Crippen molar-refractivity contribution < 1.29 is 41.9 Å². The molecule has 1 heterocycles. The van der Waals surface area contributed by atoms with Gasteiger partial charge in [-0.25, -0.2) is 4.79 Å². The summed E-state index contributed by atoms with van der Waals surface area (Å²) in [6, 6.07) is 9.42. The van der Waals surface area contributed by atoms with Crippen LogP contribution in [0.5, 0.6) is 0 Å². The first-order chi connectivity index (χ1) is 12.1. The fraction of sp³-hybridized carbons (Fsp3) is 0.632. The third-order valence-corrected chi connectivity index (χ3v) is 4.18. The average Bonchev–Trinajstić information content (AvgIpc) is 2.66. The predicted molar refractivity (Wildman–Crippen MR) is 92.7 cm³/mol. The van der Waals surface area contributed by atoms with Crippen LogP contribution in [0, 0.1) is 0 Å². The number of unbranched alkanes of at least 4 members (excludes halogenated alkanes) is 1. The van der Waals surface area contributed by atoms with E-state index in [0.29, 0.717) is 19.8 Å². The molecule has 26 heavy (non-hydrogen) atoms. The molecule has 1 aromatic carbocycles. The highest BCUT2D eigenvalue weighted by atomic mass is 35.5. The van der Waals surface area contributed by atoms with Crippen molar-refractivity contribution in [1.82, 2.24) is 0 Å². The van der Waals surface area contributed by atoms with E-state index in [1.165, 1.54) is 0 Å². The molecule has 1 aliphatic rings. The molecular formula is C19H30ClNO5. The molecule has 2 rings (SSSR count). The van der Waals surface area contributed by atoms with Gasteiger partial charge in [0.05, 0.1) is 13.2 Å². The lowest BCUT2D eigenvalue weighted by molar-refractivity contribution is -0.415. The van der Waals surface area contributed by atoms with Crippen LogP contribution in [0.15, 0.2) is 30.3 Å². The molecule has 0 unspecified atom stereocenters. The van der Waals surface area contributed by atoms with Crippen molar-refractivity contribution >= 4 is 5.97 Å². The second-order valence-corrected chi connectivity index (χ2v) is 6.40. The Bertz CT molecular complexity index is 516. The third-order valence-electron chi connectivity index (χ3n) is 4.18. The lowest BCUT2D eigenvalue weighted by atomic mass is 10.1. The second kappa shape index (κ2) is 12.3. The maximum absolute atomic E-state index is 12.0. The summed E-state index contributed by atoms with van der Waals surface area (Å²) in [4.78, 5) is 12.0. The van der Waals surface area contributed by atoms with Crippen LogP contribution >= 0.6 is 0 Å². The molecular weight excluding hydrogens is 358 g/mol. The largest absolute Gasteiger partial charge is 1.00 e. The molecule has 0 radical (unpaired) electrons. The van der Waals surface area contributed by atoms with Gasteiger partial charge in [0.25, 0.3) is 0 Å². The van der Waals surface area contributed by atoms with Crippen molar-refractivity contribution in [3.63, 3.8) is 0 Å². The Morgan fingerprint density at radius 3 is 2.62 bits per heavy atom. The van der Waals surface area contributed by atoms with E-state index in [-0.39, 0.29) is 37.2 Å². The molecule has 1 saturated heterocycles. The van der Waals surface area contributed by atoms with Gasteiger partial charge in [0.1, 0.15) is 24.9 Å². The number of rotatable bonds is 7. The number of esters is 1. The smallest absolute Gasteiger partial charge is 0.367 e. The lowest BCUT2D eigenvalue weighted by Crippen LogP contribution is -3.00. The zero-order valence-corrected chi connectivity index (χ0v) is 16.3. The summed E-state index contributed by atoms with van der Waals surface area (Å²) in [5.74, 6) is -0.361. The maximum atomic E-state index is 12.0. The van der Waals surface area contributed by atoms with Crippen LogP contribution in [0.3, 0.4) is 0 Å². The van der Waals surface area contributed by atoms with Crippen LogP contribution in [0.25, 0.3) is 0 Å². The Kier molecular flexibility index (Phi) is 10.8. The maximum Gasteiger partial charge on any atom is 0.367 e. The molecule has 0 bridgehead atoms. The number of carbonyl (C=O) groups excluding carboxylic acids is 1. The van der Waals surface area contributed by atoms with Gasteiger partial charge in [-0.2, -0.15) is 0 Å². The number of hydrogen-bond donors (Lipinski definition) is 1. The third kappa shape index (κ3) is 7.21. The number of cyclic esters (lactones) is 1. The Morgan fingerprint density at radius 2 is 1.92 bits per heavy atom. The molecule has 6 nitrogen and oxygen atoms in total. The van der Waals surface area contributed by atoms with Crippen molar-refractivity contribution in [2.75, 3.05) is 19.8 Å². The molecule has 7 heteroatoms. The summed E-state index contributed by atoms with van der Waals surface area (Å²) in [6.07, 6.45) is 0.876. The number of carbonyl (C=O) groups is 1. The number of benzene rings is 1.